The molecule has 1 aliphatic rings. The quantitative estimate of drug-likeness (QED) is 0.807. The molecule has 0 saturated carbocycles. The summed E-state index contributed by atoms with van der Waals surface area (Å²) in [5, 5.41) is 0. The Balaban J connectivity index is 2.69. The molecule has 0 spiro atoms. The Bertz CT molecular complexity index is 544. The first-order valence-corrected chi connectivity index (χ1v) is 5.76. The summed E-state index contributed by atoms with van der Waals surface area (Å²) in [6, 6.07) is 2.72. The number of nitrogens with zero attached hydrogens (tertiary/aromatic N) is 1. The van der Waals surface area contributed by atoms with E-state index in [0.29, 0.717) is 0 Å². The first-order valence-electron chi connectivity index (χ1n) is 5.76. The summed E-state index contributed by atoms with van der Waals surface area (Å²) >= 11 is 0. The van der Waals surface area contributed by atoms with Crippen LogP contribution in [0.3, 0.4) is 0 Å². The Morgan fingerprint density at radius 3 is 2.70 bits per heavy atom. The maximum absolute atomic E-state index is 13.9. The summed E-state index contributed by atoms with van der Waals surface area (Å²) in [4.78, 5) is 3.47. The molecule has 0 bridgehead atoms. The third kappa shape index (κ3) is 2.43. The van der Waals surface area contributed by atoms with Gasteiger partial charge in [-0.25, -0.2) is 9.38 Å². The van der Waals surface area contributed by atoms with Crippen molar-refractivity contribution in [1.82, 2.24) is 0 Å². The lowest BCUT2D eigenvalue weighted by Crippen LogP contribution is -2.43. The second kappa shape index (κ2) is 4.93. The predicted molar refractivity (Wildman–Crippen MR) is 65.2 cm³/mol. The standard InChI is InChI=1S/C12H12F4N3O/c13-9-2-1-7(17)5-8(9)11(12(14,15)16)3-4-20-6-10(18)19-11/h1-2,5,17H,3-4,6H2,(H2,18,19)/q-1. The first kappa shape index (κ1) is 14.6. The van der Waals surface area contributed by atoms with E-state index in [1.165, 1.54) is 0 Å². The Kier molecular flexibility index (Phi) is 3.59. The summed E-state index contributed by atoms with van der Waals surface area (Å²) in [5.74, 6) is -1.42. The number of nitrogens with one attached hydrogen (secondary N) is 1. The lowest BCUT2D eigenvalue weighted by molar-refractivity contribution is -0.193. The van der Waals surface area contributed by atoms with Crippen LogP contribution in [0.25, 0.3) is 5.73 Å². The Morgan fingerprint density at radius 1 is 1.35 bits per heavy atom. The normalized spacial score (nSPS) is 24.1. The van der Waals surface area contributed by atoms with E-state index in [1.807, 2.05) is 0 Å². The fourth-order valence-electron chi connectivity index (χ4n) is 2.12. The number of rotatable bonds is 1. The van der Waals surface area contributed by atoms with Crippen molar-refractivity contribution in [3.63, 3.8) is 0 Å². The second-order valence-corrected chi connectivity index (χ2v) is 4.46. The maximum Gasteiger partial charge on any atom is 0.418 e. The van der Waals surface area contributed by atoms with Gasteiger partial charge in [-0.1, -0.05) is 12.1 Å². The molecular weight excluding hydrogens is 278 g/mol. The first-order chi connectivity index (χ1) is 9.26. The van der Waals surface area contributed by atoms with E-state index in [0.717, 1.165) is 18.2 Å². The van der Waals surface area contributed by atoms with Crippen molar-refractivity contribution in [3.8, 4) is 0 Å². The average Bonchev–Trinajstić information content (AvgIpc) is 2.54. The van der Waals surface area contributed by atoms with Gasteiger partial charge < -0.3 is 16.2 Å². The van der Waals surface area contributed by atoms with E-state index >= 15 is 0 Å². The van der Waals surface area contributed by atoms with E-state index < -0.39 is 29.5 Å². The topological polar surface area (TPSA) is 71.4 Å². The molecule has 1 aromatic carbocycles. The number of benzene rings is 1. The van der Waals surface area contributed by atoms with Crippen molar-refractivity contribution in [2.45, 2.75) is 18.1 Å². The summed E-state index contributed by atoms with van der Waals surface area (Å²) in [7, 11) is 0. The molecule has 1 unspecified atom stereocenters. The molecule has 0 aromatic heterocycles. The van der Waals surface area contributed by atoms with Crippen molar-refractivity contribution in [3.05, 3.63) is 35.3 Å². The molecule has 0 radical (unpaired) electrons. The van der Waals surface area contributed by atoms with E-state index in [-0.39, 0.29) is 24.7 Å². The van der Waals surface area contributed by atoms with E-state index in [4.69, 9.17) is 16.2 Å². The van der Waals surface area contributed by atoms with Gasteiger partial charge in [0.1, 0.15) is 18.3 Å². The average molecular weight is 290 g/mol. The minimum absolute atomic E-state index is 0.232. The molecule has 20 heavy (non-hydrogen) atoms. The monoisotopic (exact) mass is 290 g/mol. The number of hydrogen-bond acceptors (Lipinski definition) is 3. The summed E-state index contributed by atoms with van der Waals surface area (Å²) in [5.41, 5.74) is 9.04. The largest absolute Gasteiger partial charge is 0.699 e. The lowest BCUT2D eigenvalue weighted by atomic mass is 9.86. The van der Waals surface area contributed by atoms with Crippen LogP contribution in [0.1, 0.15) is 12.0 Å². The number of halogens is 4. The van der Waals surface area contributed by atoms with Crippen LogP contribution in [0.2, 0.25) is 0 Å². The van der Waals surface area contributed by atoms with Crippen LogP contribution in [0.5, 0.6) is 0 Å². The van der Waals surface area contributed by atoms with Crippen molar-refractivity contribution in [2.24, 2.45) is 10.7 Å². The molecule has 4 nitrogen and oxygen atoms in total. The van der Waals surface area contributed by atoms with Gasteiger partial charge in [0.2, 0.25) is 0 Å². The van der Waals surface area contributed by atoms with Crippen LogP contribution in [-0.2, 0) is 10.3 Å². The number of alkyl halides is 3. The number of ether oxygens (including phenoxy) is 1. The molecule has 0 fully saturated rings. The van der Waals surface area contributed by atoms with Crippen LogP contribution in [0, 0.1) is 5.82 Å². The molecule has 1 atom stereocenters. The number of hydrogen-bond donors (Lipinski definition) is 1. The van der Waals surface area contributed by atoms with Gasteiger partial charge in [0.15, 0.2) is 5.54 Å². The molecular formula is C12H12F4N3O-. The minimum atomic E-state index is -4.85. The van der Waals surface area contributed by atoms with Gasteiger partial charge in [-0.3, -0.25) is 0 Å². The van der Waals surface area contributed by atoms with Crippen LogP contribution < -0.4 is 5.73 Å². The summed E-state index contributed by atoms with van der Waals surface area (Å²) < 4.78 is 59.3. The summed E-state index contributed by atoms with van der Waals surface area (Å²) in [6.07, 6.45) is -5.43. The highest BCUT2D eigenvalue weighted by Gasteiger charge is 2.57. The van der Waals surface area contributed by atoms with Gasteiger partial charge in [0.25, 0.3) is 0 Å². The zero-order chi connectivity index (χ0) is 15.0. The van der Waals surface area contributed by atoms with Gasteiger partial charge in [0.05, 0.1) is 6.61 Å². The second-order valence-electron chi connectivity index (χ2n) is 4.46. The van der Waals surface area contributed by atoms with Crippen molar-refractivity contribution in [1.29, 1.82) is 0 Å². The molecule has 0 aliphatic carbocycles. The molecule has 1 heterocycles. The van der Waals surface area contributed by atoms with E-state index in [9.17, 15) is 17.6 Å². The van der Waals surface area contributed by atoms with Crippen LogP contribution >= 0.6 is 0 Å². The molecule has 8 heteroatoms. The number of amidine groups is 1. The van der Waals surface area contributed by atoms with E-state index in [1.54, 1.807) is 0 Å². The molecule has 0 saturated heterocycles. The van der Waals surface area contributed by atoms with Gasteiger partial charge in [-0.2, -0.15) is 13.2 Å². The highest BCUT2D eigenvalue weighted by molar-refractivity contribution is 5.82. The zero-order valence-electron chi connectivity index (χ0n) is 10.3. The fraction of sp³-hybridized carbons (Fsp3) is 0.417. The van der Waals surface area contributed by atoms with Crippen LogP contribution in [0.4, 0.5) is 23.2 Å². The highest BCUT2D eigenvalue weighted by Crippen LogP contribution is 2.47. The van der Waals surface area contributed by atoms with Gasteiger partial charge in [-0.05, 0) is 6.07 Å². The van der Waals surface area contributed by atoms with Gasteiger partial charge in [0, 0.05) is 12.0 Å². The number of nitrogens with two attached hydrogens (primary N) is 1. The maximum atomic E-state index is 13.9. The highest BCUT2D eigenvalue weighted by atomic mass is 19.4. The molecule has 1 aromatic rings. The third-order valence-electron chi connectivity index (χ3n) is 3.07. The van der Waals surface area contributed by atoms with E-state index in [2.05, 4.69) is 4.99 Å². The van der Waals surface area contributed by atoms with Gasteiger partial charge in [-0.15, -0.1) is 5.69 Å². The third-order valence-corrected chi connectivity index (χ3v) is 3.07. The minimum Gasteiger partial charge on any atom is -0.699 e. The number of aliphatic imine (C=N–C) groups is 1. The lowest BCUT2D eigenvalue weighted by Gasteiger charge is -2.32. The molecule has 0 amide bonds. The Hall–Kier alpha value is -1.83. The van der Waals surface area contributed by atoms with Crippen LogP contribution in [-0.4, -0.2) is 25.2 Å². The predicted octanol–water partition coefficient (Wildman–Crippen LogP) is 3.04. The van der Waals surface area contributed by atoms with Crippen molar-refractivity contribution in [2.75, 3.05) is 13.2 Å². The summed E-state index contributed by atoms with van der Waals surface area (Å²) in [6.45, 7) is -0.495. The smallest absolute Gasteiger partial charge is 0.418 e. The van der Waals surface area contributed by atoms with Crippen molar-refractivity contribution < 1.29 is 22.3 Å². The molecule has 2 rings (SSSR count). The zero-order valence-corrected chi connectivity index (χ0v) is 10.3. The van der Waals surface area contributed by atoms with Crippen LogP contribution in [0.15, 0.2) is 23.2 Å². The molecule has 110 valence electrons. The molecule has 3 N–H and O–H groups in total. The van der Waals surface area contributed by atoms with Gasteiger partial charge >= 0.3 is 6.18 Å². The fourth-order valence-corrected chi connectivity index (χ4v) is 2.12. The van der Waals surface area contributed by atoms with Crippen molar-refractivity contribution >= 4 is 11.5 Å². The SMILES string of the molecule is [NH-]c1ccc(F)c(C2(C(F)(F)F)CCOCC(N)=N2)c1. The Morgan fingerprint density at radius 2 is 2.05 bits per heavy atom. The molecule has 1 aliphatic heterocycles. The Labute approximate surface area is 112 Å².